The van der Waals surface area contributed by atoms with Crippen molar-refractivity contribution in [3.05, 3.63) is 11.6 Å². The molecular weight excluding hydrogens is 206 g/mol. The van der Waals surface area contributed by atoms with Gasteiger partial charge in [-0.25, -0.2) is 4.79 Å². The molecule has 0 spiro atoms. The van der Waals surface area contributed by atoms with Gasteiger partial charge >= 0.3 is 5.97 Å². The minimum Gasteiger partial charge on any atom is -0.478 e. The summed E-state index contributed by atoms with van der Waals surface area (Å²) >= 11 is 0. The second-order valence-corrected chi connectivity index (χ2v) is 4.36. The summed E-state index contributed by atoms with van der Waals surface area (Å²) in [4.78, 5) is 13.1. The van der Waals surface area contributed by atoms with E-state index in [1.54, 1.807) is 0 Å². The predicted octanol–water partition coefficient (Wildman–Crippen LogP) is 1.52. The highest BCUT2D eigenvalue weighted by molar-refractivity contribution is 5.86. The van der Waals surface area contributed by atoms with E-state index in [1.165, 1.54) is 0 Å². The number of hydrogen-bond donors (Lipinski definition) is 1. The van der Waals surface area contributed by atoms with Crippen LogP contribution in [0.25, 0.3) is 0 Å². The molecule has 0 aliphatic carbocycles. The van der Waals surface area contributed by atoms with E-state index < -0.39 is 5.97 Å². The van der Waals surface area contributed by atoms with E-state index in [2.05, 4.69) is 4.90 Å². The molecule has 1 N–H and O–H groups in total. The van der Waals surface area contributed by atoms with Crippen LogP contribution in [0.1, 0.15) is 27.2 Å². The van der Waals surface area contributed by atoms with Gasteiger partial charge < -0.3 is 9.84 Å². The molecule has 0 aromatic heterocycles. The standard InChI is InChI=1S/C12H21NO3/c1-4-11(12(14)15)5-6-13-7-9(2)16-10(3)8-13/h5,9-10H,4,6-8H2,1-3H3,(H,14,15). The Bertz CT molecular complexity index is 265. The molecule has 0 bridgehead atoms. The minimum atomic E-state index is -0.808. The van der Waals surface area contributed by atoms with Gasteiger partial charge in [0.25, 0.3) is 0 Å². The predicted molar refractivity (Wildman–Crippen MR) is 62.5 cm³/mol. The number of carbonyl (C=O) groups is 1. The number of aliphatic carboxylic acids is 1. The van der Waals surface area contributed by atoms with Crippen molar-refractivity contribution in [2.24, 2.45) is 0 Å². The van der Waals surface area contributed by atoms with Crippen molar-refractivity contribution in [3.63, 3.8) is 0 Å². The van der Waals surface area contributed by atoms with Crippen molar-refractivity contribution < 1.29 is 14.6 Å². The van der Waals surface area contributed by atoms with Crippen molar-refractivity contribution in [3.8, 4) is 0 Å². The highest BCUT2D eigenvalue weighted by atomic mass is 16.5. The van der Waals surface area contributed by atoms with Crippen LogP contribution in [0.15, 0.2) is 11.6 Å². The van der Waals surface area contributed by atoms with E-state index in [0.29, 0.717) is 18.5 Å². The van der Waals surface area contributed by atoms with Gasteiger partial charge in [0.1, 0.15) is 0 Å². The lowest BCUT2D eigenvalue weighted by Gasteiger charge is -2.34. The van der Waals surface area contributed by atoms with E-state index in [-0.39, 0.29) is 12.2 Å². The van der Waals surface area contributed by atoms with Crippen molar-refractivity contribution in [1.29, 1.82) is 0 Å². The summed E-state index contributed by atoms with van der Waals surface area (Å²) in [6.45, 7) is 8.40. The van der Waals surface area contributed by atoms with Crippen molar-refractivity contribution in [2.75, 3.05) is 19.6 Å². The van der Waals surface area contributed by atoms with Gasteiger partial charge in [0.2, 0.25) is 0 Å². The van der Waals surface area contributed by atoms with E-state index in [1.807, 2.05) is 26.8 Å². The monoisotopic (exact) mass is 227 g/mol. The molecule has 1 rings (SSSR count). The van der Waals surface area contributed by atoms with Crippen LogP contribution < -0.4 is 0 Å². The minimum absolute atomic E-state index is 0.229. The van der Waals surface area contributed by atoms with Crippen molar-refractivity contribution in [1.82, 2.24) is 4.90 Å². The SMILES string of the molecule is CCC(=CCN1CC(C)OC(C)C1)C(=O)O. The van der Waals surface area contributed by atoms with Crippen LogP contribution >= 0.6 is 0 Å². The molecule has 2 atom stereocenters. The third kappa shape index (κ3) is 3.94. The average Bonchev–Trinajstić information content (AvgIpc) is 2.16. The summed E-state index contributed by atoms with van der Waals surface area (Å²) in [5.74, 6) is -0.808. The van der Waals surface area contributed by atoms with Gasteiger partial charge in [-0.15, -0.1) is 0 Å². The highest BCUT2D eigenvalue weighted by Gasteiger charge is 2.21. The Morgan fingerprint density at radius 2 is 2.00 bits per heavy atom. The molecule has 1 fully saturated rings. The second kappa shape index (κ2) is 6.01. The summed E-state index contributed by atoms with van der Waals surface area (Å²) in [6, 6.07) is 0. The summed E-state index contributed by atoms with van der Waals surface area (Å²) in [5, 5.41) is 8.90. The van der Waals surface area contributed by atoms with E-state index >= 15 is 0 Å². The fourth-order valence-electron chi connectivity index (χ4n) is 2.06. The fraction of sp³-hybridized carbons (Fsp3) is 0.750. The first-order chi connectivity index (χ1) is 7.52. The third-order valence-electron chi connectivity index (χ3n) is 2.75. The quantitative estimate of drug-likeness (QED) is 0.740. The topological polar surface area (TPSA) is 49.8 Å². The number of carboxylic acids is 1. The third-order valence-corrected chi connectivity index (χ3v) is 2.75. The van der Waals surface area contributed by atoms with Gasteiger partial charge in [0.15, 0.2) is 0 Å². The largest absolute Gasteiger partial charge is 0.478 e. The Balaban J connectivity index is 2.50. The van der Waals surface area contributed by atoms with Crippen LogP contribution in [0.3, 0.4) is 0 Å². The van der Waals surface area contributed by atoms with Crippen molar-refractivity contribution >= 4 is 5.97 Å². The molecule has 0 aromatic carbocycles. The number of ether oxygens (including phenoxy) is 1. The van der Waals surface area contributed by atoms with Crippen molar-refractivity contribution in [2.45, 2.75) is 39.4 Å². The van der Waals surface area contributed by atoms with Crippen LogP contribution in [-0.4, -0.2) is 47.8 Å². The molecule has 92 valence electrons. The van der Waals surface area contributed by atoms with Gasteiger partial charge in [-0.1, -0.05) is 13.0 Å². The zero-order valence-electron chi connectivity index (χ0n) is 10.3. The summed E-state index contributed by atoms with van der Waals surface area (Å²) in [5.41, 5.74) is 0.492. The highest BCUT2D eigenvalue weighted by Crippen LogP contribution is 2.11. The van der Waals surface area contributed by atoms with E-state index in [9.17, 15) is 4.79 Å². The van der Waals surface area contributed by atoms with Gasteiger partial charge in [-0.3, -0.25) is 4.90 Å². The first-order valence-electron chi connectivity index (χ1n) is 5.83. The molecule has 0 radical (unpaired) electrons. The van der Waals surface area contributed by atoms with Gasteiger partial charge in [0, 0.05) is 25.2 Å². The molecular formula is C12H21NO3. The maximum atomic E-state index is 10.8. The number of morpholine rings is 1. The Labute approximate surface area is 96.9 Å². The second-order valence-electron chi connectivity index (χ2n) is 4.36. The van der Waals surface area contributed by atoms with Gasteiger partial charge in [0.05, 0.1) is 12.2 Å². The zero-order chi connectivity index (χ0) is 12.1. The average molecular weight is 227 g/mol. The summed E-state index contributed by atoms with van der Waals surface area (Å²) in [6.07, 6.45) is 2.84. The van der Waals surface area contributed by atoms with Gasteiger partial charge in [-0.05, 0) is 20.3 Å². The van der Waals surface area contributed by atoms with E-state index in [0.717, 1.165) is 13.1 Å². The van der Waals surface area contributed by atoms with E-state index in [4.69, 9.17) is 9.84 Å². The maximum absolute atomic E-state index is 10.8. The lowest BCUT2D eigenvalue weighted by atomic mass is 10.1. The van der Waals surface area contributed by atoms with Crippen LogP contribution in [-0.2, 0) is 9.53 Å². The summed E-state index contributed by atoms with van der Waals surface area (Å²) < 4.78 is 5.62. The molecule has 0 saturated carbocycles. The lowest BCUT2D eigenvalue weighted by Crippen LogP contribution is -2.45. The summed E-state index contributed by atoms with van der Waals surface area (Å²) in [7, 11) is 0. The number of hydrogen-bond acceptors (Lipinski definition) is 3. The Morgan fingerprint density at radius 1 is 1.44 bits per heavy atom. The molecule has 0 amide bonds. The molecule has 4 nitrogen and oxygen atoms in total. The molecule has 16 heavy (non-hydrogen) atoms. The number of nitrogens with zero attached hydrogens (tertiary/aromatic N) is 1. The zero-order valence-corrected chi connectivity index (χ0v) is 10.3. The Morgan fingerprint density at radius 3 is 2.44 bits per heavy atom. The number of carboxylic acid groups (broad SMARTS) is 1. The molecule has 1 saturated heterocycles. The molecule has 2 unspecified atom stereocenters. The smallest absolute Gasteiger partial charge is 0.331 e. The Hall–Kier alpha value is -0.870. The van der Waals surface area contributed by atoms with Crippen LogP contribution in [0.4, 0.5) is 0 Å². The molecule has 1 heterocycles. The molecule has 4 heteroatoms. The fourth-order valence-corrected chi connectivity index (χ4v) is 2.06. The molecule has 1 aliphatic rings. The first-order valence-corrected chi connectivity index (χ1v) is 5.83. The first kappa shape index (κ1) is 13.2. The Kier molecular flexibility index (Phi) is 4.96. The molecule has 0 aromatic rings. The number of rotatable bonds is 4. The van der Waals surface area contributed by atoms with Gasteiger partial charge in [-0.2, -0.15) is 0 Å². The lowest BCUT2D eigenvalue weighted by molar-refractivity contribution is -0.132. The normalized spacial score (nSPS) is 28.1. The maximum Gasteiger partial charge on any atom is 0.331 e. The van der Waals surface area contributed by atoms with Crippen LogP contribution in [0, 0.1) is 0 Å². The van der Waals surface area contributed by atoms with Crippen LogP contribution in [0.2, 0.25) is 0 Å². The van der Waals surface area contributed by atoms with Crippen LogP contribution in [0.5, 0.6) is 0 Å². The molecule has 1 aliphatic heterocycles.